The van der Waals surface area contributed by atoms with Crippen LogP contribution in [0.1, 0.15) is 27.4 Å². The molecular formula is C25H20N4O5. The van der Waals surface area contributed by atoms with Gasteiger partial charge in [0.05, 0.1) is 16.6 Å². The molecule has 0 fully saturated rings. The number of ether oxygens (including phenoxy) is 2. The lowest BCUT2D eigenvalue weighted by Crippen LogP contribution is -2.26. The van der Waals surface area contributed by atoms with Crippen LogP contribution in [0.2, 0.25) is 0 Å². The number of carbonyl (C=O) groups is 1. The fourth-order valence-electron chi connectivity index (χ4n) is 3.66. The summed E-state index contributed by atoms with van der Waals surface area (Å²) in [6.07, 6.45) is 0. The maximum atomic E-state index is 13.1. The van der Waals surface area contributed by atoms with E-state index < -0.39 is 11.5 Å². The molecule has 2 aromatic heterocycles. The van der Waals surface area contributed by atoms with Gasteiger partial charge in [-0.1, -0.05) is 46.8 Å². The fraction of sp³-hybridized carbons (Fsp3) is 0.160. The zero-order valence-corrected chi connectivity index (χ0v) is 18.5. The van der Waals surface area contributed by atoms with Gasteiger partial charge in [0.2, 0.25) is 0 Å². The molecule has 34 heavy (non-hydrogen) atoms. The van der Waals surface area contributed by atoms with E-state index >= 15 is 0 Å². The number of rotatable bonds is 6. The quantitative estimate of drug-likeness (QED) is 0.354. The average molecular weight is 456 g/mol. The molecule has 0 N–H and O–H groups in total. The molecule has 0 radical (unpaired) electrons. The highest BCUT2D eigenvalue weighted by Gasteiger charge is 2.18. The van der Waals surface area contributed by atoms with Gasteiger partial charge in [-0.25, -0.2) is 4.79 Å². The zero-order valence-electron chi connectivity index (χ0n) is 18.5. The van der Waals surface area contributed by atoms with E-state index in [9.17, 15) is 9.59 Å². The van der Waals surface area contributed by atoms with Crippen LogP contribution in [0.4, 0.5) is 0 Å². The van der Waals surface area contributed by atoms with Crippen LogP contribution in [0.15, 0.2) is 70.0 Å². The zero-order chi connectivity index (χ0) is 23.7. The number of fused-ring (bicyclic) bond motifs is 2. The van der Waals surface area contributed by atoms with Gasteiger partial charge >= 0.3 is 5.97 Å². The normalized spacial score (nSPS) is 11.1. The van der Waals surface area contributed by atoms with Crippen molar-refractivity contribution in [2.45, 2.75) is 27.2 Å². The lowest BCUT2D eigenvalue weighted by Gasteiger charge is -2.13. The largest absolute Gasteiger partial charge is 0.488 e. The molecule has 0 aliphatic heterocycles. The molecule has 0 unspecified atom stereocenters. The Balaban J connectivity index is 1.43. The van der Waals surface area contributed by atoms with Gasteiger partial charge in [0, 0.05) is 0 Å². The molecule has 2 heterocycles. The first-order chi connectivity index (χ1) is 16.5. The summed E-state index contributed by atoms with van der Waals surface area (Å²) < 4.78 is 17.6. The van der Waals surface area contributed by atoms with Gasteiger partial charge in [-0.05, 0) is 48.9 Å². The summed E-state index contributed by atoms with van der Waals surface area (Å²) in [4.78, 5) is 25.7. The van der Waals surface area contributed by atoms with E-state index in [1.54, 1.807) is 43.3 Å². The van der Waals surface area contributed by atoms with Gasteiger partial charge in [-0.2, -0.15) is 4.68 Å². The molecule has 3 aromatic carbocycles. The van der Waals surface area contributed by atoms with Crippen LogP contribution in [-0.4, -0.2) is 26.1 Å². The summed E-state index contributed by atoms with van der Waals surface area (Å²) in [6.45, 7) is 3.42. The van der Waals surface area contributed by atoms with Crippen molar-refractivity contribution < 1.29 is 18.8 Å². The minimum atomic E-state index is -0.652. The number of hydrogen-bond donors (Lipinski definition) is 0. The monoisotopic (exact) mass is 456 g/mol. The van der Waals surface area contributed by atoms with Gasteiger partial charge in [0.1, 0.15) is 29.2 Å². The van der Waals surface area contributed by atoms with Crippen molar-refractivity contribution in [3.63, 3.8) is 0 Å². The minimum absolute atomic E-state index is 0.176. The fourth-order valence-corrected chi connectivity index (χ4v) is 3.66. The van der Waals surface area contributed by atoms with Crippen LogP contribution >= 0.6 is 0 Å². The van der Waals surface area contributed by atoms with Gasteiger partial charge in [0.15, 0.2) is 6.73 Å². The van der Waals surface area contributed by atoms with E-state index in [1.807, 2.05) is 31.2 Å². The Labute approximate surface area is 193 Å². The number of benzene rings is 3. The van der Waals surface area contributed by atoms with Crippen molar-refractivity contribution in [1.82, 2.24) is 20.2 Å². The molecule has 5 aromatic rings. The molecule has 9 heteroatoms. The summed E-state index contributed by atoms with van der Waals surface area (Å²) in [6, 6.07) is 17.9. The van der Waals surface area contributed by atoms with Crippen molar-refractivity contribution in [1.29, 1.82) is 0 Å². The molecule has 0 atom stereocenters. The molecule has 0 aliphatic rings. The molecule has 0 aliphatic carbocycles. The number of hydrogen-bond acceptors (Lipinski definition) is 8. The molecule has 9 nitrogen and oxygen atoms in total. The second kappa shape index (κ2) is 8.78. The van der Waals surface area contributed by atoms with Crippen molar-refractivity contribution in [2.24, 2.45) is 0 Å². The van der Waals surface area contributed by atoms with Crippen LogP contribution in [0.5, 0.6) is 5.75 Å². The SMILES string of the molecule is Cc1noc(C)c1COc1cc2ccccc2cc1C(=O)OCn1nnc2ccccc2c1=O. The second-order valence-electron chi connectivity index (χ2n) is 7.76. The highest BCUT2D eigenvalue weighted by Crippen LogP contribution is 2.28. The average Bonchev–Trinajstić information content (AvgIpc) is 3.18. The smallest absolute Gasteiger partial charge is 0.343 e. The van der Waals surface area contributed by atoms with E-state index in [0.717, 1.165) is 26.7 Å². The molecule has 5 rings (SSSR count). The third-order valence-electron chi connectivity index (χ3n) is 5.57. The molecule has 170 valence electrons. The van der Waals surface area contributed by atoms with Gasteiger partial charge < -0.3 is 14.0 Å². The predicted octanol–water partition coefficient (Wildman–Crippen LogP) is 3.94. The summed E-state index contributed by atoms with van der Waals surface area (Å²) in [7, 11) is 0. The van der Waals surface area contributed by atoms with E-state index in [-0.39, 0.29) is 18.9 Å². The van der Waals surface area contributed by atoms with Gasteiger partial charge in [-0.3, -0.25) is 4.79 Å². The number of aromatic nitrogens is 4. The maximum absolute atomic E-state index is 13.1. The molecule has 0 amide bonds. The number of aryl methyl sites for hydroxylation is 2. The maximum Gasteiger partial charge on any atom is 0.343 e. The summed E-state index contributed by atoms with van der Waals surface area (Å²) in [5.74, 6) is 0.346. The topological polar surface area (TPSA) is 109 Å². The molecule has 0 bridgehead atoms. The van der Waals surface area contributed by atoms with Crippen molar-refractivity contribution in [3.8, 4) is 5.75 Å². The van der Waals surface area contributed by atoms with Crippen LogP contribution in [0.25, 0.3) is 21.7 Å². The van der Waals surface area contributed by atoms with Gasteiger partial charge in [-0.15, -0.1) is 5.10 Å². The van der Waals surface area contributed by atoms with Crippen molar-refractivity contribution >= 4 is 27.6 Å². The van der Waals surface area contributed by atoms with Crippen molar-refractivity contribution in [2.75, 3.05) is 0 Å². The third-order valence-corrected chi connectivity index (χ3v) is 5.57. The van der Waals surface area contributed by atoms with Gasteiger partial charge in [0.25, 0.3) is 5.56 Å². The van der Waals surface area contributed by atoms with E-state index in [0.29, 0.717) is 22.4 Å². The molecule has 0 saturated carbocycles. The lowest BCUT2D eigenvalue weighted by molar-refractivity contribution is 0.0331. The van der Waals surface area contributed by atoms with Crippen LogP contribution in [-0.2, 0) is 18.1 Å². The Hall–Kier alpha value is -4.53. The minimum Gasteiger partial charge on any atom is -0.488 e. The predicted molar refractivity (Wildman–Crippen MR) is 123 cm³/mol. The first kappa shape index (κ1) is 21.3. The Bertz CT molecular complexity index is 1570. The van der Waals surface area contributed by atoms with E-state index in [4.69, 9.17) is 14.0 Å². The number of nitrogens with zero attached hydrogens (tertiary/aromatic N) is 4. The molecular weight excluding hydrogens is 436 g/mol. The van der Waals surface area contributed by atoms with Crippen LogP contribution < -0.4 is 10.3 Å². The second-order valence-corrected chi connectivity index (χ2v) is 7.76. The summed E-state index contributed by atoms with van der Waals surface area (Å²) in [5.41, 5.74) is 1.83. The lowest BCUT2D eigenvalue weighted by atomic mass is 10.1. The standard InChI is InChI=1S/C25H20N4O5/c1-15-21(16(2)34-27-15)13-32-23-12-18-8-4-3-7-17(18)11-20(23)25(31)33-14-29-24(30)19-9-5-6-10-22(19)26-28-29/h3-12H,13-14H2,1-2H3. The summed E-state index contributed by atoms with van der Waals surface area (Å²) >= 11 is 0. The van der Waals surface area contributed by atoms with E-state index in [1.165, 1.54) is 0 Å². The first-order valence-corrected chi connectivity index (χ1v) is 10.6. The Morgan fingerprint density at radius 3 is 2.53 bits per heavy atom. The van der Waals surface area contributed by atoms with Crippen LogP contribution in [0.3, 0.4) is 0 Å². The number of esters is 1. The highest BCUT2D eigenvalue weighted by molar-refractivity contribution is 5.98. The molecule has 0 saturated heterocycles. The third kappa shape index (κ3) is 3.99. The Morgan fingerprint density at radius 1 is 1.03 bits per heavy atom. The summed E-state index contributed by atoms with van der Waals surface area (Å²) in [5, 5.41) is 14.0. The Morgan fingerprint density at radius 2 is 1.76 bits per heavy atom. The van der Waals surface area contributed by atoms with E-state index in [2.05, 4.69) is 15.5 Å². The van der Waals surface area contributed by atoms with Crippen LogP contribution in [0, 0.1) is 13.8 Å². The molecule has 0 spiro atoms. The Kier molecular flexibility index (Phi) is 5.51. The first-order valence-electron chi connectivity index (χ1n) is 10.6. The highest BCUT2D eigenvalue weighted by atomic mass is 16.5. The van der Waals surface area contributed by atoms with Crippen molar-refractivity contribution in [3.05, 3.63) is 93.6 Å². The number of carbonyl (C=O) groups excluding carboxylic acids is 1.